The molecule has 0 aliphatic heterocycles. The van der Waals surface area contributed by atoms with Crippen LogP contribution in [0, 0.1) is 0 Å². The molecular formula is C14H21F2N3O3. The number of amides is 1. The Bertz CT molecular complexity index is 520. The molecule has 1 aromatic rings. The quantitative estimate of drug-likeness (QED) is 0.917. The van der Waals surface area contributed by atoms with Crippen LogP contribution in [0.4, 0.5) is 13.6 Å². The van der Waals surface area contributed by atoms with Gasteiger partial charge in [0.2, 0.25) is 5.89 Å². The smallest absolute Gasteiger partial charge is 0.407 e. The highest BCUT2D eigenvalue weighted by Gasteiger charge is 2.37. The third kappa shape index (κ3) is 3.53. The zero-order chi connectivity index (χ0) is 16.5. The Balaban J connectivity index is 2.01. The number of carbonyl (C=O) groups is 1. The van der Waals surface area contributed by atoms with Crippen molar-refractivity contribution in [3.63, 3.8) is 0 Å². The van der Waals surface area contributed by atoms with Gasteiger partial charge in [-0.25, -0.2) is 4.79 Å². The Morgan fingerprint density at radius 3 is 2.27 bits per heavy atom. The largest absolute Gasteiger partial charge is 0.465 e. The van der Waals surface area contributed by atoms with Crippen molar-refractivity contribution in [2.75, 3.05) is 0 Å². The molecule has 124 valence electrons. The van der Waals surface area contributed by atoms with E-state index < -0.39 is 23.9 Å². The Hall–Kier alpha value is -1.73. The van der Waals surface area contributed by atoms with Gasteiger partial charge < -0.3 is 14.4 Å². The summed E-state index contributed by atoms with van der Waals surface area (Å²) >= 11 is 0. The number of halogens is 2. The second-order valence-corrected chi connectivity index (χ2v) is 6.61. The molecule has 1 aromatic heterocycles. The van der Waals surface area contributed by atoms with Crippen LogP contribution in [0.3, 0.4) is 0 Å². The number of alkyl halides is 2. The highest BCUT2D eigenvalue weighted by Crippen LogP contribution is 2.36. The number of nitrogens with zero attached hydrogens (tertiary/aromatic N) is 3. The average Bonchev–Trinajstić information content (AvgIpc) is 2.87. The number of carboxylic acid groups (broad SMARTS) is 1. The van der Waals surface area contributed by atoms with Gasteiger partial charge in [-0.2, -0.15) is 8.78 Å². The zero-order valence-electron chi connectivity index (χ0n) is 12.9. The number of hydrogen-bond donors (Lipinski definition) is 1. The number of hydrogen-bond acceptors (Lipinski definition) is 4. The normalized spacial score (nSPS) is 22.8. The van der Waals surface area contributed by atoms with Crippen molar-refractivity contribution in [1.82, 2.24) is 15.1 Å². The summed E-state index contributed by atoms with van der Waals surface area (Å²) in [6.45, 7) is 5.58. The van der Waals surface area contributed by atoms with Crippen molar-refractivity contribution in [3.8, 4) is 0 Å². The summed E-state index contributed by atoms with van der Waals surface area (Å²) in [6, 6.07) is -0.0776. The monoisotopic (exact) mass is 317 g/mol. The Morgan fingerprint density at radius 1 is 1.27 bits per heavy atom. The van der Waals surface area contributed by atoms with Gasteiger partial charge in [-0.3, -0.25) is 0 Å². The van der Waals surface area contributed by atoms with Gasteiger partial charge in [0.1, 0.15) is 0 Å². The standard InChI is InChI=1S/C14H21F2N3O3/c1-14(2,3)19(13(20)21)9-6-4-8(5-7-9)11-17-18-12(22-11)10(15)16/h8-10H,4-7H2,1-3H3,(H,20,21)/t8-,9-. The Labute approximate surface area is 127 Å². The van der Waals surface area contributed by atoms with Crippen molar-refractivity contribution >= 4 is 6.09 Å². The maximum absolute atomic E-state index is 12.5. The van der Waals surface area contributed by atoms with Crippen LogP contribution in [0.1, 0.15) is 70.6 Å². The van der Waals surface area contributed by atoms with Gasteiger partial charge in [0.15, 0.2) is 0 Å². The van der Waals surface area contributed by atoms with Crippen molar-refractivity contribution < 1.29 is 23.1 Å². The minimum absolute atomic E-state index is 0.0770. The fourth-order valence-corrected chi connectivity index (χ4v) is 3.07. The lowest BCUT2D eigenvalue weighted by Gasteiger charge is -2.42. The highest BCUT2D eigenvalue weighted by atomic mass is 19.3. The van der Waals surface area contributed by atoms with Crippen LogP contribution in [-0.2, 0) is 0 Å². The van der Waals surface area contributed by atoms with Gasteiger partial charge in [-0.15, -0.1) is 10.2 Å². The van der Waals surface area contributed by atoms with Crippen molar-refractivity contribution in [2.45, 2.75) is 70.4 Å². The Morgan fingerprint density at radius 2 is 1.86 bits per heavy atom. The first kappa shape index (κ1) is 16.6. The third-order valence-electron chi connectivity index (χ3n) is 3.98. The van der Waals surface area contributed by atoms with Crippen LogP contribution < -0.4 is 0 Å². The van der Waals surface area contributed by atoms with E-state index in [9.17, 15) is 18.7 Å². The van der Waals surface area contributed by atoms with Crippen LogP contribution in [0.5, 0.6) is 0 Å². The lowest BCUT2D eigenvalue weighted by atomic mass is 9.84. The lowest BCUT2D eigenvalue weighted by molar-refractivity contribution is 0.0529. The molecule has 1 aliphatic rings. The van der Waals surface area contributed by atoms with Crippen LogP contribution in [-0.4, -0.2) is 37.9 Å². The molecule has 1 saturated carbocycles. The summed E-state index contributed by atoms with van der Waals surface area (Å²) in [5.41, 5.74) is -0.476. The summed E-state index contributed by atoms with van der Waals surface area (Å²) < 4.78 is 29.9. The van der Waals surface area contributed by atoms with Crippen LogP contribution in [0.25, 0.3) is 0 Å². The molecule has 0 spiro atoms. The fourth-order valence-electron chi connectivity index (χ4n) is 3.07. The molecule has 1 aliphatic carbocycles. The summed E-state index contributed by atoms with van der Waals surface area (Å²) in [5, 5.41) is 16.4. The fraction of sp³-hybridized carbons (Fsp3) is 0.786. The summed E-state index contributed by atoms with van der Waals surface area (Å²) in [6.07, 6.45) is -1.10. The minimum atomic E-state index is -2.76. The first-order valence-electron chi connectivity index (χ1n) is 7.34. The molecule has 0 saturated heterocycles. The van der Waals surface area contributed by atoms with Gasteiger partial charge in [0, 0.05) is 17.5 Å². The molecule has 1 fully saturated rings. The van der Waals surface area contributed by atoms with E-state index in [1.165, 1.54) is 4.90 Å². The van der Waals surface area contributed by atoms with Crippen molar-refractivity contribution in [1.29, 1.82) is 0 Å². The van der Waals surface area contributed by atoms with E-state index in [1.54, 1.807) is 0 Å². The predicted octanol–water partition coefficient (Wildman–Crippen LogP) is 3.81. The molecule has 0 aromatic carbocycles. The van der Waals surface area contributed by atoms with Gasteiger partial charge in [-0.05, 0) is 46.5 Å². The van der Waals surface area contributed by atoms with Gasteiger partial charge in [0.05, 0.1) is 0 Å². The molecule has 0 radical (unpaired) electrons. The van der Waals surface area contributed by atoms with Gasteiger partial charge in [0.25, 0.3) is 5.89 Å². The summed E-state index contributed by atoms with van der Waals surface area (Å²) in [4.78, 5) is 13.0. The maximum atomic E-state index is 12.5. The first-order chi connectivity index (χ1) is 10.2. The highest BCUT2D eigenvalue weighted by molar-refractivity contribution is 5.66. The third-order valence-corrected chi connectivity index (χ3v) is 3.98. The van der Waals surface area contributed by atoms with Crippen molar-refractivity contribution in [2.24, 2.45) is 0 Å². The number of aromatic nitrogens is 2. The van der Waals surface area contributed by atoms with E-state index in [4.69, 9.17) is 4.42 Å². The summed E-state index contributed by atoms with van der Waals surface area (Å²) in [5.74, 6) is -0.503. The molecule has 1 amide bonds. The topological polar surface area (TPSA) is 79.5 Å². The Kier molecular flexibility index (Phi) is 4.67. The van der Waals surface area contributed by atoms with E-state index in [1.807, 2.05) is 20.8 Å². The summed E-state index contributed by atoms with van der Waals surface area (Å²) in [7, 11) is 0. The van der Waals surface area contributed by atoms with E-state index >= 15 is 0 Å². The molecule has 0 unspecified atom stereocenters. The zero-order valence-corrected chi connectivity index (χ0v) is 12.9. The number of rotatable bonds is 3. The van der Waals surface area contributed by atoms with Crippen LogP contribution >= 0.6 is 0 Å². The molecule has 1 N–H and O–H groups in total. The molecule has 1 heterocycles. The molecule has 2 rings (SSSR count). The van der Waals surface area contributed by atoms with E-state index in [-0.39, 0.29) is 17.9 Å². The SMILES string of the molecule is CC(C)(C)N(C(=O)O)[C@H]1CC[C@H](c2nnc(C(F)F)o2)CC1. The first-order valence-corrected chi connectivity index (χ1v) is 7.34. The predicted molar refractivity (Wildman–Crippen MR) is 73.9 cm³/mol. The maximum Gasteiger partial charge on any atom is 0.407 e. The van der Waals surface area contributed by atoms with Crippen LogP contribution in [0.2, 0.25) is 0 Å². The van der Waals surface area contributed by atoms with E-state index in [0.29, 0.717) is 25.7 Å². The lowest BCUT2D eigenvalue weighted by Crippen LogP contribution is -2.52. The van der Waals surface area contributed by atoms with Gasteiger partial charge in [-0.1, -0.05) is 0 Å². The molecule has 6 nitrogen and oxygen atoms in total. The van der Waals surface area contributed by atoms with E-state index in [2.05, 4.69) is 10.2 Å². The van der Waals surface area contributed by atoms with Crippen LogP contribution in [0.15, 0.2) is 4.42 Å². The van der Waals surface area contributed by atoms with Gasteiger partial charge >= 0.3 is 12.5 Å². The molecule has 8 heteroatoms. The molecule has 0 atom stereocenters. The minimum Gasteiger partial charge on any atom is -0.465 e. The average molecular weight is 317 g/mol. The second kappa shape index (κ2) is 6.18. The molecule has 0 bridgehead atoms. The van der Waals surface area contributed by atoms with Crippen molar-refractivity contribution in [3.05, 3.63) is 11.8 Å². The van der Waals surface area contributed by atoms with E-state index in [0.717, 1.165) is 0 Å². The molecular weight excluding hydrogens is 296 g/mol. The molecule has 22 heavy (non-hydrogen) atoms. The second-order valence-electron chi connectivity index (χ2n) is 6.61.